The smallest absolute Gasteiger partial charge is 0.334 e. The average molecular weight is 549 g/mol. The summed E-state index contributed by atoms with van der Waals surface area (Å²) in [5, 5.41) is 12.1. The van der Waals surface area contributed by atoms with Gasteiger partial charge in [-0.15, -0.1) is 0 Å². The summed E-state index contributed by atoms with van der Waals surface area (Å²) in [5.74, 6) is -3.41. The number of carbonyl (C=O) groups excluding carboxylic acids is 4. The fourth-order valence-electron chi connectivity index (χ4n) is 10.5. The maximum Gasteiger partial charge on any atom is 0.334 e. The molecule has 8 heteroatoms. The Morgan fingerprint density at radius 2 is 1.88 bits per heavy atom. The van der Waals surface area contributed by atoms with Crippen molar-refractivity contribution < 1.29 is 38.5 Å². The molecule has 0 amide bonds. The molecule has 1 N–H and O–H groups in total. The van der Waals surface area contributed by atoms with Gasteiger partial charge in [0.05, 0.1) is 16.9 Å². The lowest BCUT2D eigenvalue weighted by Gasteiger charge is -2.44. The van der Waals surface area contributed by atoms with Gasteiger partial charge in [0.1, 0.15) is 18.3 Å². The lowest BCUT2D eigenvalue weighted by Crippen LogP contribution is -2.49. The van der Waals surface area contributed by atoms with Crippen molar-refractivity contribution in [2.75, 3.05) is 0 Å². The lowest BCUT2D eigenvalue weighted by molar-refractivity contribution is -0.156. The van der Waals surface area contributed by atoms with Gasteiger partial charge in [0.25, 0.3) is 0 Å². The largest absolute Gasteiger partial charge is 0.462 e. The summed E-state index contributed by atoms with van der Waals surface area (Å²) < 4.78 is 18.4. The number of ketones is 1. The third kappa shape index (κ3) is 2.86. The molecule has 1 spiro atoms. The fourth-order valence-corrected chi connectivity index (χ4v) is 10.5. The van der Waals surface area contributed by atoms with E-state index in [4.69, 9.17) is 14.2 Å². The molecule has 212 valence electrons. The maximum atomic E-state index is 14.4. The molecule has 0 aromatic rings. The van der Waals surface area contributed by atoms with Crippen LogP contribution in [0.5, 0.6) is 0 Å². The second-order valence-electron chi connectivity index (χ2n) is 13.6. The van der Waals surface area contributed by atoms with E-state index in [1.807, 2.05) is 27.7 Å². The zero-order valence-electron chi connectivity index (χ0n) is 23.6. The number of ether oxygens (including phenoxy) is 3. The van der Waals surface area contributed by atoms with E-state index in [1.54, 1.807) is 6.08 Å². The number of fused-ring (bicyclic) bond motifs is 6. The minimum absolute atomic E-state index is 0.0891. The SMILES string of the molecule is C=C1C(=O)O[C@H]2[C@H]1CC[C@](C)(O)[C@H]1[C@H]3C=C(C)[C@@]21C[C@@]31C(=O)O[C@@H]2[C@H]3C(C)=CC(=O)C3=C(C)C[C@H](OC(C)=O)[C@H]21. The molecule has 2 aliphatic heterocycles. The average Bonchev–Trinajstić information content (AvgIpc) is 3.55. The van der Waals surface area contributed by atoms with Gasteiger partial charge in [0.2, 0.25) is 0 Å². The molecule has 7 aliphatic rings. The van der Waals surface area contributed by atoms with Crippen molar-refractivity contribution in [1.82, 2.24) is 0 Å². The summed E-state index contributed by atoms with van der Waals surface area (Å²) in [5.41, 5.74) is 0.639. The van der Waals surface area contributed by atoms with Crippen molar-refractivity contribution in [3.8, 4) is 0 Å². The minimum atomic E-state index is -1.15. The number of rotatable bonds is 1. The predicted octanol–water partition coefficient (Wildman–Crippen LogP) is 3.54. The van der Waals surface area contributed by atoms with Crippen LogP contribution in [0.3, 0.4) is 0 Å². The van der Waals surface area contributed by atoms with Gasteiger partial charge in [-0.1, -0.05) is 29.4 Å². The van der Waals surface area contributed by atoms with Crippen LogP contribution in [0.25, 0.3) is 0 Å². The zero-order valence-corrected chi connectivity index (χ0v) is 23.6. The summed E-state index contributed by atoms with van der Waals surface area (Å²) >= 11 is 0. The van der Waals surface area contributed by atoms with Gasteiger partial charge >= 0.3 is 17.9 Å². The molecule has 8 nitrogen and oxygen atoms in total. The van der Waals surface area contributed by atoms with E-state index < -0.39 is 70.4 Å². The zero-order chi connectivity index (χ0) is 28.7. The lowest BCUT2D eigenvalue weighted by atomic mass is 9.59. The first kappa shape index (κ1) is 25.9. The van der Waals surface area contributed by atoms with Gasteiger partial charge < -0.3 is 19.3 Å². The molecular weight excluding hydrogens is 512 g/mol. The van der Waals surface area contributed by atoms with Crippen molar-refractivity contribution in [3.05, 3.63) is 46.6 Å². The Kier molecular flexibility index (Phi) is 5.08. The van der Waals surface area contributed by atoms with E-state index >= 15 is 0 Å². The van der Waals surface area contributed by atoms with Crippen LogP contribution in [0.4, 0.5) is 0 Å². The van der Waals surface area contributed by atoms with Gasteiger partial charge in [-0.3, -0.25) is 14.4 Å². The second kappa shape index (κ2) is 7.84. The standard InChI is InChI=1S/C32H36O8/c1-13-9-20(34)22-14(2)10-21(38-17(5)33)24-25(23(13)22)39-29(36)32(24)12-31-15(3)11-19(32)26(31)30(6,37)8-7-18-16(4)28(35)40-27(18)31/h9,11,18-19,21,23-27,37H,4,7-8,10,12H2,1-3,5-6H3/t18-,19+,21-,23-,24+,25+,26+,27-,30-,31+,32+/m0/s1. The van der Waals surface area contributed by atoms with Crippen molar-refractivity contribution in [2.45, 2.75) is 84.2 Å². The van der Waals surface area contributed by atoms with Gasteiger partial charge in [0, 0.05) is 53.6 Å². The van der Waals surface area contributed by atoms with Crippen LogP contribution in [-0.2, 0) is 33.4 Å². The van der Waals surface area contributed by atoms with E-state index in [1.165, 1.54) is 6.92 Å². The molecule has 2 bridgehead atoms. The summed E-state index contributed by atoms with van der Waals surface area (Å²) in [6.07, 6.45) is 3.41. The molecule has 0 radical (unpaired) electrons. The first-order chi connectivity index (χ1) is 18.8. The highest BCUT2D eigenvalue weighted by molar-refractivity contribution is 6.09. The Balaban J connectivity index is 1.44. The van der Waals surface area contributed by atoms with Crippen molar-refractivity contribution >= 4 is 23.7 Å². The molecule has 2 saturated heterocycles. The van der Waals surface area contributed by atoms with Crippen molar-refractivity contribution in [2.24, 2.45) is 40.4 Å². The van der Waals surface area contributed by atoms with E-state index in [0.717, 1.165) is 16.7 Å². The highest BCUT2D eigenvalue weighted by atomic mass is 16.6. The molecule has 0 aromatic carbocycles. The quantitative estimate of drug-likeness (QED) is 0.229. The summed E-state index contributed by atoms with van der Waals surface area (Å²) in [7, 11) is 0. The Bertz CT molecular complexity index is 1410. The maximum absolute atomic E-state index is 14.4. The number of esters is 3. The van der Waals surface area contributed by atoms with E-state index in [-0.39, 0.29) is 17.7 Å². The van der Waals surface area contributed by atoms with Gasteiger partial charge in [-0.2, -0.15) is 0 Å². The minimum Gasteiger partial charge on any atom is -0.462 e. The van der Waals surface area contributed by atoms with Gasteiger partial charge in [-0.05, 0) is 53.0 Å². The molecule has 2 saturated carbocycles. The molecular formula is C32H36O8. The van der Waals surface area contributed by atoms with Crippen LogP contribution < -0.4 is 0 Å². The fraction of sp³-hybridized carbons (Fsp3) is 0.625. The molecule has 2 heterocycles. The molecule has 11 atom stereocenters. The van der Waals surface area contributed by atoms with Gasteiger partial charge in [-0.25, -0.2) is 4.79 Å². The predicted molar refractivity (Wildman–Crippen MR) is 141 cm³/mol. The highest BCUT2D eigenvalue weighted by Gasteiger charge is 2.81. The number of carbonyl (C=O) groups is 4. The van der Waals surface area contributed by atoms with Crippen molar-refractivity contribution in [3.63, 3.8) is 0 Å². The van der Waals surface area contributed by atoms with Crippen LogP contribution >= 0.6 is 0 Å². The Labute approximate surface area is 233 Å². The third-order valence-electron chi connectivity index (χ3n) is 11.7. The molecule has 0 unspecified atom stereocenters. The van der Waals surface area contributed by atoms with E-state index in [9.17, 15) is 24.3 Å². The van der Waals surface area contributed by atoms with Gasteiger partial charge in [0.15, 0.2) is 5.78 Å². The molecule has 0 aromatic heterocycles. The summed E-state index contributed by atoms with van der Waals surface area (Å²) in [6.45, 7) is 13.0. The summed E-state index contributed by atoms with van der Waals surface area (Å²) in [4.78, 5) is 52.8. The first-order valence-corrected chi connectivity index (χ1v) is 14.4. The highest BCUT2D eigenvalue weighted by Crippen LogP contribution is 2.77. The van der Waals surface area contributed by atoms with E-state index in [0.29, 0.717) is 36.8 Å². The Hall–Kier alpha value is -3.00. The van der Waals surface area contributed by atoms with E-state index in [2.05, 4.69) is 12.7 Å². The Morgan fingerprint density at radius 3 is 2.58 bits per heavy atom. The second-order valence-corrected chi connectivity index (χ2v) is 13.6. The number of hydrogen-bond acceptors (Lipinski definition) is 8. The Morgan fingerprint density at radius 1 is 1.15 bits per heavy atom. The monoisotopic (exact) mass is 548 g/mol. The van der Waals surface area contributed by atoms with Crippen LogP contribution in [0.2, 0.25) is 0 Å². The van der Waals surface area contributed by atoms with Crippen LogP contribution in [-0.4, -0.2) is 52.7 Å². The van der Waals surface area contributed by atoms with Crippen molar-refractivity contribution in [1.29, 1.82) is 0 Å². The third-order valence-corrected chi connectivity index (χ3v) is 11.7. The van der Waals surface area contributed by atoms with Crippen LogP contribution in [0.15, 0.2) is 46.6 Å². The number of allylic oxidation sites excluding steroid dienone is 2. The molecule has 40 heavy (non-hydrogen) atoms. The van der Waals surface area contributed by atoms with Crippen LogP contribution in [0, 0.1) is 40.4 Å². The van der Waals surface area contributed by atoms with Crippen LogP contribution in [0.1, 0.15) is 60.3 Å². The number of hydrogen-bond donors (Lipinski definition) is 1. The topological polar surface area (TPSA) is 116 Å². The normalized spacial score (nSPS) is 48.5. The number of aliphatic hydroxyl groups is 1. The molecule has 5 aliphatic carbocycles. The summed E-state index contributed by atoms with van der Waals surface area (Å²) in [6, 6.07) is 0. The molecule has 4 fully saturated rings. The molecule has 7 rings (SSSR count). The first-order valence-electron chi connectivity index (χ1n) is 14.4.